The van der Waals surface area contributed by atoms with E-state index in [0.29, 0.717) is 10.6 Å². The minimum absolute atomic E-state index is 0.174. The molecule has 3 nitrogen and oxygen atoms in total. The first-order chi connectivity index (χ1) is 11.3. The second kappa shape index (κ2) is 6.87. The second-order valence-electron chi connectivity index (χ2n) is 5.51. The zero-order chi connectivity index (χ0) is 16.2. The van der Waals surface area contributed by atoms with Crippen LogP contribution in [0, 0.1) is 11.3 Å². The van der Waals surface area contributed by atoms with Crippen molar-refractivity contribution in [1.82, 2.24) is 9.88 Å². The van der Waals surface area contributed by atoms with Crippen LogP contribution >= 0.6 is 11.6 Å². The van der Waals surface area contributed by atoms with Gasteiger partial charge < -0.3 is 9.88 Å². The predicted octanol–water partition coefficient (Wildman–Crippen LogP) is 4.37. The van der Waals surface area contributed by atoms with Gasteiger partial charge in [-0.15, -0.1) is 0 Å². The summed E-state index contributed by atoms with van der Waals surface area (Å²) in [6.45, 7) is 0.898. The number of benzene rings is 2. The van der Waals surface area contributed by atoms with Gasteiger partial charge in [-0.1, -0.05) is 48.0 Å². The summed E-state index contributed by atoms with van der Waals surface area (Å²) in [5.41, 5.74) is 2.85. The molecule has 1 heterocycles. The lowest BCUT2D eigenvalue weighted by atomic mass is 10.0. The predicted molar refractivity (Wildman–Crippen MR) is 94.8 cm³/mol. The van der Waals surface area contributed by atoms with Crippen LogP contribution < -0.4 is 5.32 Å². The molecule has 0 bridgehead atoms. The van der Waals surface area contributed by atoms with E-state index in [9.17, 15) is 5.26 Å². The Morgan fingerprint density at radius 1 is 1.17 bits per heavy atom. The third-order valence-electron chi connectivity index (χ3n) is 4.12. The lowest BCUT2D eigenvalue weighted by Gasteiger charge is -2.21. The van der Waals surface area contributed by atoms with Gasteiger partial charge in [-0.25, -0.2) is 0 Å². The van der Waals surface area contributed by atoms with Gasteiger partial charge in [0.25, 0.3) is 0 Å². The van der Waals surface area contributed by atoms with Crippen molar-refractivity contribution in [3.05, 3.63) is 70.9 Å². The van der Waals surface area contributed by atoms with Gasteiger partial charge in [0.15, 0.2) is 0 Å². The highest BCUT2D eigenvalue weighted by Crippen LogP contribution is 2.34. The Morgan fingerprint density at radius 3 is 2.65 bits per heavy atom. The summed E-state index contributed by atoms with van der Waals surface area (Å²) in [6, 6.07) is 18.5. The number of hydrogen-bond acceptors (Lipinski definition) is 2. The molecule has 0 aliphatic rings. The zero-order valence-electron chi connectivity index (χ0n) is 13.0. The largest absolute Gasteiger partial charge is 0.338 e. The van der Waals surface area contributed by atoms with E-state index in [1.807, 2.05) is 37.5 Å². The average Bonchev–Trinajstić information content (AvgIpc) is 2.93. The van der Waals surface area contributed by atoms with E-state index < -0.39 is 0 Å². The molecule has 0 saturated carbocycles. The van der Waals surface area contributed by atoms with Crippen molar-refractivity contribution in [2.45, 2.75) is 12.5 Å². The van der Waals surface area contributed by atoms with Crippen LogP contribution in [0.2, 0.25) is 5.02 Å². The molecule has 1 atom stereocenters. The van der Waals surface area contributed by atoms with E-state index >= 15 is 0 Å². The number of nitriles is 1. The van der Waals surface area contributed by atoms with Crippen LogP contribution in [0.4, 0.5) is 0 Å². The Bertz CT molecular complexity index is 846. The van der Waals surface area contributed by atoms with Crippen molar-refractivity contribution in [3.8, 4) is 6.07 Å². The number of hydrogen-bond donors (Lipinski definition) is 1. The molecular weight excluding hydrogens is 306 g/mol. The fourth-order valence-corrected chi connectivity index (χ4v) is 3.34. The minimum Gasteiger partial charge on any atom is -0.338 e. The minimum atomic E-state index is 0.174. The molecule has 3 aromatic rings. The van der Waals surface area contributed by atoms with E-state index in [4.69, 9.17) is 11.6 Å². The van der Waals surface area contributed by atoms with Crippen molar-refractivity contribution >= 4 is 22.5 Å². The van der Waals surface area contributed by atoms with Gasteiger partial charge in [0.1, 0.15) is 0 Å². The smallest absolute Gasteiger partial charge is 0.0999 e. The molecule has 0 radical (unpaired) electrons. The molecule has 116 valence electrons. The Balaban J connectivity index is 2.17. The number of nitrogens with one attached hydrogen (secondary N) is 1. The highest BCUT2D eigenvalue weighted by Gasteiger charge is 2.18. The number of nitrogens with zero attached hydrogens (tertiary/aromatic N) is 2. The van der Waals surface area contributed by atoms with E-state index in [2.05, 4.69) is 40.2 Å². The van der Waals surface area contributed by atoms with Crippen molar-refractivity contribution in [1.29, 1.82) is 5.26 Å². The van der Waals surface area contributed by atoms with Crippen LogP contribution in [0.3, 0.4) is 0 Å². The zero-order valence-corrected chi connectivity index (χ0v) is 13.7. The quantitative estimate of drug-likeness (QED) is 0.757. The Hall–Kier alpha value is -2.28. The van der Waals surface area contributed by atoms with Crippen LogP contribution in [0.15, 0.2) is 54.7 Å². The highest BCUT2D eigenvalue weighted by atomic mass is 35.5. The summed E-state index contributed by atoms with van der Waals surface area (Å²) in [6.07, 6.45) is 2.89. The molecule has 3 rings (SSSR count). The molecule has 0 fully saturated rings. The number of halogens is 1. The molecule has 1 aromatic heterocycles. The topological polar surface area (TPSA) is 40.8 Å². The maximum atomic E-state index is 9.34. The number of rotatable bonds is 5. The van der Waals surface area contributed by atoms with Crippen LogP contribution in [0.1, 0.15) is 23.6 Å². The van der Waals surface area contributed by atoms with Crippen molar-refractivity contribution < 1.29 is 0 Å². The highest BCUT2D eigenvalue weighted by molar-refractivity contribution is 6.36. The van der Waals surface area contributed by atoms with Crippen LogP contribution in [0.5, 0.6) is 0 Å². The van der Waals surface area contributed by atoms with Crippen LogP contribution in [-0.4, -0.2) is 18.2 Å². The molecule has 1 N–H and O–H groups in total. The molecular formula is C19H18ClN3. The maximum absolute atomic E-state index is 9.34. The molecule has 0 saturated heterocycles. The van der Waals surface area contributed by atoms with Crippen LogP contribution in [0.25, 0.3) is 10.9 Å². The normalized spacial score (nSPS) is 12.2. The fraction of sp³-hybridized carbons (Fsp3) is 0.211. The summed E-state index contributed by atoms with van der Waals surface area (Å²) in [4.78, 5) is 0. The first-order valence-corrected chi connectivity index (χ1v) is 8.02. The van der Waals surface area contributed by atoms with Gasteiger partial charge in [-0.3, -0.25) is 0 Å². The second-order valence-corrected chi connectivity index (χ2v) is 5.92. The standard InChI is InChI=1S/C19H18ClN3/c1-22-11-10-17(14-6-3-2-4-7-14)23-13-16(20)19-15(12-21)8-5-9-18(19)23/h2-9,13,17,22H,10-11H2,1H3. The molecule has 2 aromatic carbocycles. The average molecular weight is 324 g/mol. The summed E-state index contributed by atoms with van der Waals surface area (Å²) >= 11 is 6.44. The van der Waals surface area contributed by atoms with Gasteiger partial charge in [-0.2, -0.15) is 5.26 Å². The number of aromatic nitrogens is 1. The first kappa shape index (κ1) is 15.6. The van der Waals surface area contributed by atoms with Crippen LogP contribution in [-0.2, 0) is 0 Å². The monoisotopic (exact) mass is 323 g/mol. The molecule has 4 heteroatoms. The molecule has 23 heavy (non-hydrogen) atoms. The lowest BCUT2D eigenvalue weighted by molar-refractivity contribution is 0.539. The van der Waals surface area contributed by atoms with E-state index in [1.54, 1.807) is 0 Å². The van der Waals surface area contributed by atoms with Crippen molar-refractivity contribution in [2.75, 3.05) is 13.6 Å². The molecule has 1 unspecified atom stereocenters. The lowest BCUT2D eigenvalue weighted by Crippen LogP contribution is -2.17. The molecule has 0 spiro atoms. The van der Waals surface area contributed by atoms with Gasteiger partial charge in [0.05, 0.1) is 28.2 Å². The fourth-order valence-electron chi connectivity index (χ4n) is 3.04. The Kier molecular flexibility index (Phi) is 4.66. The summed E-state index contributed by atoms with van der Waals surface area (Å²) < 4.78 is 2.19. The first-order valence-electron chi connectivity index (χ1n) is 7.65. The SMILES string of the molecule is CNCCC(c1ccccc1)n1cc(Cl)c2c(C#N)cccc21. The third kappa shape index (κ3) is 2.96. The van der Waals surface area contributed by atoms with E-state index in [-0.39, 0.29) is 6.04 Å². The van der Waals surface area contributed by atoms with Crippen molar-refractivity contribution in [2.24, 2.45) is 0 Å². The van der Waals surface area contributed by atoms with Crippen molar-refractivity contribution in [3.63, 3.8) is 0 Å². The van der Waals surface area contributed by atoms with Gasteiger partial charge >= 0.3 is 0 Å². The van der Waals surface area contributed by atoms with E-state index in [1.165, 1.54) is 5.56 Å². The molecule has 0 aliphatic carbocycles. The van der Waals surface area contributed by atoms with Gasteiger partial charge in [-0.05, 0) is 37.7 Å². The summed E-state index contributed by atoms with van der Waals surface area (Å²) in [5, 5.41) is 14.0. The molecule has 0 aliphatic heterocycles. The Labute approximate surface area is 141 Å². The summed E-state index contributed by atoms with van der Waals surface area (Å²) in [7, 11) is 1.95. The van der Waals surface area contributed by atoms with E-state index in [0.717, 1.165) is 23.9 Å². The van der Waals surface area contributed by atoms with Gasteiger partial charge in [0, 0.05) is 11.6 Å². The Morgan fingerprint density at radius 2 is 1.96 bits per heavy atom. The summed E-state index contributed by atoms with van der Waals surface area (Å²) in [5.74, 6) is 0. The van der Waals surface area contributed by atoms with Gasteiger partial charge in [0.2, 0.25) is 0 Å². The third-order valence-corrected chi connectivity index (χ3v) is 4.41. The maximum Gasteiger partial charge on any atom is 0.0999 e. The molecule has 0 amide bonds. The number of fused-ring (bicyclic) bond motifs is 1.